The average Bonchev–Trinajstić information content (AvgIpc) is 3.23. The molecule has 31 heavy (non-hydrogen) atoms. The molecule has 0 spiro atoms. The third-order valence-corrected chi connectivity index (χ3v) is 5.07. The molecule has 0 radical (unpaired) electrons. The molecule has 0 aliphatic carbocycles. The van der Waals surface area contributed by atoms with Crippen molar-refractivity contribution < 1.29 is 9.84 Å². The van der Waals surface area contributed by atoms with Gasteiger partial charge in [0.15, 0.2) is 5.65 Å². The Labute approximate surface area is 181 Å². The summed E-state index contributed by atoms with van der Waals surface area (Å²) in [7, 11) is 0. The number of anilines is 1. The molecular weight excluding hydrogens is 390 g/mol. The van der Waals surface area contributed by atoms with Gasteiger partial charge in [-0.3, -0.25) is 0 Å². The fourth-order valence-electron chi connectivity index (χ4n) is 3.36. The van der Waals surface area contributed by atoms with Crippen molar-refractivity contribution in [1.82, 2.24) is 19.7 Å². The van der Waals surface area contributed by atoms with Crippen LogP contribution in [0.25, 0.3) is 16.7 Å². The molecule has 2 aromatic heterocycles. The fraction of sp³-hybridized carbons (Fsp3) is 0.292. The Balaban J connectivity index is 1.64. The van der Waals surface area contributed by atoms with Crippen molar-refractivity contribution >= 4 is 16.9 Å². The molecule has 0 amide bonds. The van der Waals surface area contributed by atoms with Crippen molar-refractivity contribution in [2.24, 2.45) is 0 Å². The van der Waals surface area contributed by atoms with Gasteiger partial charge in [0.05, 0.1) is 36.0 Å². The maximum Gasteiger partial charge on any atom is 0.320 e. The van der Waals surface area contributed by atoms with Crippen LogP contribution in [0.4, 0.5) is 5.82 Å². The number of nitrogens with zero attached hydrogens (tertiary/aromatic N) is 4. The molecular formula is C24H27N5O2. The smallest absolute Gasteiger partial charge is 0.320 e. The molecule has 2 aromatic carbocycles. The standard InChI is InChI=1S/C24H27N5O2/c1-3-14-31-24-27-22(26-17(2)21(30)15-18-10-6-4-7-11-18)20-16-25-29(23(20)28-24)19-12-8-5-9-13-19/h4-13,16-17,21,30H,3,14-15H2,1-2H3,(H,26,27,28). The molecule has 2 atom stereocenters. The van der Waals surface area contributed by atoms with Crippen LogP contribution < -0.4 is 10.1 Å². The SMILES string of the molecule is CCCOc1nc(NC(C)C(O)Cc2ccccc2)c2cnn(-c3ccccc3)c2n1. The predicted molar refractivity (Wildman–Crippen MR) is 122 cm³/mol. The van der Waals surface area contributed by atoms with E-state index in [2.05, 4.69) is 20.4 Å². The number of nitrogens with one attached hydrogen (secondary N) is 1. The zero-order chi connectivity index (χ0) is 21.6. The van der Waals surface area contributed by atoms with Gasteiger partial charge in [-0.1, -0.05) is 55.5 Å². The summed E-state index contributed by atoms with van der Waals surface area (Å²) in [6.45, 7) is 4.50. The monoisotopic (exact) mass is 417 g/mol. The largest absolute Gasteiger partial charge is 0.463 e. The molecule has 7 nitrogen and oxygen atoms in total. The number of hydrogen-bond donors (Lipinski definition) is 2. The Morgan fingerprint density at radius 1 is 1.03 bits per heavy atom. The first kappa shape index (κ1) is 20.8. The molecule has 4 aromatic rings. The highest BCUT2D eigenvalue weighted by Gasteiger charge is 2.20. The Hall–Kier alpha value is -3.45. The second-order valence-electron chi connectivity index (χ2n) is 7.52. The molecule has 2 heterocycles. The van der Waals surface area contributed by atoms with Crippen LogP contribution in [0.15, 0.2) is 66.9 Å². The lowest BCUT2D eigenvalue weighted by Gasteiger charge is -2.21. The number of ether oxygens (including phenoxy) is 1. The van der Waals surface area contributed by atoms with E-state index in [1.807, 2.05) is 74.5 Å². The van der Waals surface area contributed by atoms with E-state index >= 15 is 0 Å². The minimum Gasteiger partial charge on any atom is -0.463 e. The van der Waals surface area contributed by atoms with Crippen LogP contribution in [0.1, 0.15) is 25.8 Å². The van der Waals surface area contributed by atoms with E-state index < -0.39 is 6.10 Å². The summed E-state index contributed by atoms with van der Waals surface area (Å²) in [5.41, 5.74) is 2.64. The van der Waals surface area contributed by atoms with Gasteiger partial charge in [-0.15, -0.1) is 0 Å². The molecule has 2 N–H and O–H groups in total. The third kappa shape index (κ3) is 4.83. The van der Waals surface area contributed by atoms with E-state index in [0.29, 0.717) is 30.5 Å². The van der Waals surface area contributed by atoms with Gasteiger partial charge >= 0.3 is 6.01 Å². The first-order valence-corrected chi connectivity index (χ1v) is 10.6. The van der Waals surface area contributed by atoms with Crippen LogP contribution >= 0.6 is 0 Å². The van der Waals surface area contributed by atoms with Crippen molar-refractivity contribution in [2.45, 2.75) is 38.8 Å². The molecule has 0 aliphatic heterocycles. The summed E-state index contributed by atoms with van der Waals surface area (Å²) in [5, 5.41) is 19.4. The van der Waals surface area contributed by atoms with E-state index in [4.69, 9.17) is 4.74 Å². The van der Waals surface area contributed by atoms with Gasteiger partial charge in [-0.05, 0) is 31.0 Å². The predicted octanol–water partition coefficient (Wildman–Crippen LogP) is 4.01. The molecule has 2 unspecified atom stereocenters. The second kappa shape index (κ2) is 9.57. The topological polar surface area (TPSA) is 85.1 Å². The van der Waals surface area contributed by atoms with Crippen molar-refractivity contribution in [3.63, 3.8) is 0 Å². The van der Waals surface area contributed by atoms with Crippen molar-refractivity contribution in [3.8, 4) is 11.7 Å². The highest BCUT2D eigenvalue weighted by molar-refractivity contribution is 5.87. The van der Waals surface area contributed by atoms with Crippen LogP contribution in [-0.2, 0) is 6.42 Å². The summed E-state index contributed by atoms with van der Waals surface area (Å²) in [6, 6.07) is 19.8. The summed E-state index contributed by atoms with van der Waals surface area (Å²) < 4.78 is 7.51. The fourth-order valence-corrected chi connectivity index (χ4v) is 3.36. The first-order valence-electron chi connectivity index (χ1n) is 10.6. The summed E-state index contributed by atoms with van der Waals surface area (Å²) in [5.74, 6) is 0.595. The van der Waals surface area contributed by atoms with E-state index in [-0.39, 0.29) is 6.04 Å². The van der Waals surface area contributed by atoms with E-state index in [0.717, 1.165) is 23.1 Å². The van der Waals surface area contributed by atoms with Gasteiger partial charge < -0.3 is 15.2 Å². The van der Waals surface area contributed by atoms with Crippen LogP contribution in [0, 0.1) is 0 Å². The molecule has 0 saturated heterocycles. The highest BCUT2D eigenvalue weighted by Crippen LogP contribution is 2.26. The van der Waals surface area contributed by atoms with Crippen molar-refractivity contribution in [3.05, 3.63) is 72.4 Å². The second-order valence-corrected chi connectivity index (χ2v) is 7.52. The highest BCUT2D eigenvalue weighted by atomic mass is 16.5. The van der Waals surface area contributed by atoms with Crippen LogP contribution in [-0.4, -0.2) is 43.6 Å². The van der Waals surface area contributed by atoms with Crippen LogP contribution in [0.2, 0.25) is 0 Å². The van der Waals surface area contributed by atoms with E-state index in [1.54, 1.807) is 10.9 Å². The number of rotatable bonds is 9. The number of aliphatic hydroxyl groups is 1. The van der Waals surface area contributed by atoms with Crippen molar-refractivity contribution in [2.75, 3.05) is 11.9 Å². The molecule has 7 heteroatoms. The maximum absolute atomic E-state index is 10.7. The first-order chi connectivity index (χ1) is 15.2. The maximum atomic E-state index is 10.7. The van der Waals surface area contributed by atoms with E-state index in [1.165, 1.54) is 0 Å². The van der Waals surface area contributed by atoms with Gasteiger partial charge in [0.25, 0.3) is 0 Å². The summed E-state index contributed by atoms with van der Waals surface area (Å²) in [6.07, 6.45) is 2.56. The normalized spacial score (nSPS) is 13.1. The lowest BCUT2D eigenvalue weighted by atomic mass is 10.0. The molecule has 4 rings (SSSR count). The molecule has 0 aliphatic rings. The third-order valence-electron chi connectivity index (χ3n) is 5.07. The number of benzene rings is 2. The minimum atomic E-state index is -0.586. The zero-order valence-corrected chi connectivity index (χ0v) is 17.8. The van der Waals surface area contributed by atoms with Crippen molar-refractivity contribution in [1.29, 1.82) is 0 Å². The Kier molecular flexibility index (Phi) is 6.43. The average molecular weight is 418 g/mol. The minimum absolute atomic E-state index is 0.239. The number of aliphatic hydroxyl groups excluding tert-OH is 1. The Bertz CT molecular complexity index is 1110. The van der Waals surface area contributed by atoms with Gasteiger partial charge in [0.1, 0.15) is 5.82 Å². The van der Waals surface area contributed by atoms with Gasteiger partial charge in [-0.25, -0.2) is 4.68 Å². The number of para-hydroxylation sites is 1. The number of hydrogen-bond acceptors (Lipinski definition) is 6. The van der Waals surface area contributed by atoms with Crippen LogP contribution in [0.3, 0.4) is 0 Å². The summed E-state index contributed by atoms with van der Waals surface area (Å²) in [4.78, 5) is 9.16. The lowest BCUT2D eigenvalue weighted by Crippen LogP contribution is -2.32. The lowest BCUT2D eigenvalue weighted by molar-refractivity contribution is 0.158. The quantitative estimate of drug-likeness (QED) is 0.428. The van der Waals surface area contributed by atoms with Gasteiger partial charge in [0, 0.05) is 6.42 Å². The Morgan fingerprint density at radius 3 is 2.45 bits per heavy atom. The number of aromatic nitrogens is 4. The zero-order valence-electron chi connectivity index (χ0n) is 17.8. The molecule has 0 fully saturated rings. The Morgan fingerprint density at radius 2 is 1.74 bits per heavy atom. The van der Waals surface area contributed by atoms with E-state index in [9.17, 15) is 5.11 Å². The summed E-state index contributed by atoms with van der Waals surface area (Å²) >= 11 is 0. The van der Waals surface area contributed by atoms with Crippen LogP contribution in [0.5, 0.6) is 6.01 Å². The van der Waals surface area contributed by atoms with Gasteiger partial charge in [-0.2, -0.15) is 15.1 Å². The number of fused-ring (bicyclic) bond motifs is 1. The van der Waals surface area contributed by atoms with Gasteiger partial charge in [0.2, 0.25) is 0 Å². The molecule has 0 bridgehead atoms. The molecule has 0 saturated carbocycles. The molecule has 160 valence electrons.